The van der Waals surface area contributed by atoms with Crippen LogP contribution < -0.4 is 10.6 Å². The van der Waals surface area contributed by atoms with E-state index in [4.69, 9.17) is 0 Å². The van der Waals surface area contributed by atoms with E-state index in [0.29, 0.717) is 17.5 Å². The summed E-state index contributed by atoms with van der Waals surface area (Å²) in [5, 5.41) is 13.5. The van der Waals surface area contributed by atoms with Gasteiger partial charge in [-0.25, -0.2) is 0 Å². The zero-order valence-electron chi connectivity index (χ0n) is 9.74. The highest BCUT2D eigenvalue weighted by Crippen LogP contribution is 2.19. The molecule has 2 rings (SSSR count). The van der Waals surface area contributed by atoms with Gasteiger partial charge in [-0.05, 0) is 32.0 Å². The highest BCUT2D eigenvalue weighted by molar-refractivity contribution is 8.00. The number of nitrogens with one attached hydrogen (secondary N) is 3. The summed E-state index contributed by atoms with van der Waals surface area (Å²) in [5.74, 6) is 0.654. The topological polar surface area (TPSA) is 69.8 Å². The first-order valence-electron chi connectivity index (χ1n) is 5.92. The minimum absolute atomic E-state index is 0.100. The van der Waals surface area contributed by atoms with Crippen LogP contribution in [0.25, 0.3) is 0 Å². The van der Waals surface area contributed by atoms with E-state index in [-0.39, 0.29) is 5.91 Å². The van der Waals surface area contributed by atoms with Gasteiger partial charge in [-0.3, -0.25) is 9.89 Å². The summed E-state index contributed by atoms with van der Waals surface area (Å²) in [7, 11) is 0. The van der Waals surface area contributed by atoms with E-state index in [9.17, 15) is 4.79 Å². The van der Waals surface area contributed by atoms with Gasteiger partial charge in [0.1, 0.15) is 0 Å². The molecule has 3 N–H and O–H groups in total. The Balaban J connectivity index is 1.60. The highest BCUT2D eigenvalue weighted by Gasteiger charge is 2.14. The number of aromatic nitrogens is 2. The zero-order valence-corrected chi connectivity index (χ0v) is 10.6. The molecule has 1 fully saturated rings. The van der Waals surface area contributed by atoms with Crippen LogP contribution in [0.2, 0.25) is 0 Å². The third-order valence-electron chi connectivity index (χ3n) is 2.77. The van der Waals surface area contributed by atoms with Gasteiger partial charge in [0.05, 0.1) is 18.0 Å². The summed E-state index contributed by atoms with van der Waals surface area (Å²) >= 11 is 1.76. The van der Waals surface area contributed by atoms with Crippen molar-refractivity contribution in [3.63, 3.8) is 0 Å². The van der Waals surface area contributed by atoms with Crippen LogP contribution in [0.1, 0.15) is 18.5 Å². The van der Waals surface area contributed by atoms with Crippen LogP contribution in [0, 0.1) is 0 Å². The fourth-order valence-electron chi connectivity index (χ4n) is 1.78. The second kappa shape index (κ2) is 6.66. The fraction of sp³-hybridized carbons (Fsp3) is 0.636. The second-order valence-electron chi connectivity index (χ2n) is 4.12. The van der Waals surface area contributed by atoms with E-state index in [1.807, 2.05) is 6.07 Å². The van der Waals surface area contributed by atoms with Gasteiger partial charge in [0.15, 0.2) is 0 Å². The Hall–Kier alpha value is -1.01. The Morgan fingerprint density at radius 1 is 1.53 bits per heavy atom. The number of rotatable bonds is 5. The largest absolute Gasteiger partial charge is 0.350 e. The zero-order chi connectivity index (χ0) is 11.9. The normalized spacial score (nSPS) is 16.9. The maximum atomic E-state index is 11.6. The lowest BCUT2D eigenvalue weighted by atomic mass is 10.2. The van der Waals surface area contributed by atoms with E-state index >= 15 is 0 Å². The van der Waals surface area contributed by atoms with Crippen LogP contribution >= 0.6 is 11.8 Å². The van der Waals surface area contributed by atoms with E-state index < -0.39 is 0 Å². The molecule has 1 aromatic heterocycles. The van der Waals surface area contributed by atoms with Gasteiger partial charge in [-0.15, -0.1) is 11.8 Å². The van der Waals surface area contributed by atoms with Crippen molar-refractivity contribution in [3.8, 4) is 0 Å². The van der Waals surface area contributed by atoms with Crippen LogP contribution in [0.4, 0.5) is 0 Å². The lowest BCUT2D eigenvalue weighted by molar-refractivity contribution is -0.118. The third kappa shape index (κ3) is 4.40. The van der Waals surface area contributed by atoms with E-state index in [1.54, 1.807) is 18.0 Å². The Morgan fingerprint density at radius 2 is 2.35 bits per heavy atom. The van der Waals surface area contributed by atoms with Crippen molar-refractivity contribution in [2.24, 2.45) is 0 Å². The first kappa shape index (κ1) is 12.4. The number of piperidine rings is 1. The summed E-state index contributed by atoms with van der Waals surface area (Å²) in [5.41, 5.74) is 0.935. The Labute approximate surface area is 105 Å². The minimum Gasteiger partial charge on any atom is -0.350 e. The van der Waals surface area contributed by atoms with Crippen molar-refractivity contribution in [1.29, 1.82) is 0 Å². The molecule has 94 valence electrons. The molecule has 1 aliphatic heterocycles. The van der Waals surface area contributed by atoms with Crippen molar-refractivity contribution in [1.82, 2.24) is 20.8 Å². The Morgan fingerprint density at radius 3 is 3.06 bits per heavy atom. The molecule has 0 atom stereocenters. The first-order chi connectivity index (χ1) is 8.34. The summed E-state index contributed by atoms with van der Waals surface area (Å²) in [6.45, 7) is 2.69. The van der Waals surface area contributed by atoms with Gasteiger partial charge < -0.3 is 10.6 Å². The van der Waals surface area contributed by atoms with Crippen molar-refractivity contribution in [2.45, 2.75) is 24.6 Å². The molecule has 1 aromatic rings. The van der Waals surface area contributed by atoms with Gasteiger partial charge in [0.25, 0.3) is 0 Å². The highest BCUT2D eigenvalue weighted by atomic mass is 32.2. The summed E-state index contributed by atoms with van der Waals surface area (Å²) < 4.78 is 0. The minimum atomic E-state index is 0.100. The number of thioether (sulfide) groups is 1. The van der Waals surface area contributed by atoms with Gasteiger partial charge >= 0.3 is 0 Å². The van der Waals surface area contributed by atoms with E-state index in [2.05, 4.69) is 20.8 Å². The number of hydrogen-bond donors (Lipinski definition) is 3. The SMILES string of the molecule is O=C(CSC1CCNCC1)NCc1ccn[nH]1. The van der Waals surface area contributed by atoms with Crippen molar-refractivity contribution in [3.05, 3.63) is 18.0 Å². The number of carbonyl (C=O) groups excluding carboxylic acids is 1. The maximum absolute atomic E-state index is 11.6. The molecule has 0 unspecified atom stereocenters. The molecular weight excluding hydrogens is 236 g/mol. The predicted molar refractivity (Wildman–Crippen MR) is 68.8 cm³/mol. The number of nitrogens with zero attached hydrogens (tertiary/aromatic N) is 1. The number of amides is 1. The molecule has 5 nitrogen and oxygen atoms in total. The molecule has 1 aliphatic rings. The van der Waals surface area contributed by atoms with Gasteiger partial charge in [0, 0.05) is 11.4 Å². The monoisotopic (exact) mass is 254 g/mol. The fourth-order valence-corrected chi connectivity index (χ4v) is 2.84. The lowest BCUT2D eigenvalue weighted by Gasteiger charge is -2.21. The molecule has 1 amide bonds. The summed E-state index contributed by atoms with van der Waals surface area (Å²) in [6.07, 6.45) is 4.02. The van der Waals surface area contributed by atoms with Crippen molar-refractivity contribution < 1.29 is 4.79 Å². The number of hydrogen-bond acceptors (Lipinski definition) is 4. The summed E-state index contributed by atoms with van der Waals surface area (Å²) in [6, 6.07) is 1.86. The molecule has 6 heteroatoms. The Kier molecular flexibility index (Phi) is 4.88. The maximum Gasteiger partial charge on any atom is 0.230 e. The molecular formula is C11H18N4OS. The lowest BCUT2D eigenvalue weighted by Crippen LogP contribution is -2.31. The Bertz CT molecular complexity index is 335. The molecule has 0 aromatic carbocycles. The molecule has 0 aliphatic carbocycles. The van der Waals surface area contributed by atoms with Crippen molar-refractivity contribution >= 4 is 17.7 Å². The molecule has 17 heavy (non-hydrogen) atoms. The van der Waals surface area contributed by atoms with Crippen molar-refractivity contribution in [2.75, 3.05) is 18.8 Å². The molecule has 0 saturated carbocycles. The number of aromatic amines is 1. The number of H-pyrrole nitrogens is 1. The van der Waals surface area contributed by atoms with Gasteiger partial charge in [-0.1, -0.05) is 0 Å². The molecule has 1 saturated heterocycles. The first-order valence-corrected chi connectivity index (χ1v) is 6.97. The molecule has 0 radical (unpaired) electrons. The van der Waals surface area contributed by atoms with Crippen LogP contribution in [-0.2, 0) is 11.3 Å². The van der Waals surface area contributed by atoms with Gasteiger partial charge in [-0.2, -0.15) is 5.10 Å². The van der Waals surface area contributed by atoms with Gasteiger partial charge in [0.2, 0.25) is 5.91 Å². The van der Waals surface area contributed by atoms with Crippen LogP contribution in [-0.4, -0.2) is 40.2 Å². The summed E-state index contributed by atoms with van der Waals surface area (Å²) in [4.78, 5) is 11.6. The van der Waals surface area contributed by atoms with E-state index in [1.165, 1.54) is 12.8 Å². The molecule has 0 spiro atoms. The second-order valence-corrected chi connectivity index (χ2v) is 5.41. The average molecular weight is 254 g/mol. The van der Waals surface area contributed by atoms with E-state index in [0.717, 1.165) is 18.8 Å². The third-order valence-corrected chi connectivity index (χ3v) is 4.14. The van der Waals surface area contributed by atoms with Crippen LogP contribution in [0.5, 0.6) is 0 Å². The number of carbonyl (C=O) groups is 1. The molecule has 0 bridgehead atoms. The average Bonchev–Trinajstić information content (AvgIpc) is 2.88. The predicted octanol–water partition coefficient (Wildman–Crippen LogP) is 0.511. The standard InChI is InChI=1S/C11H18N4OS/c16-11(13-7-9-1-6-14-15-9)8-17-10-2-4-12-5-3-10/h1,6,10,12H,2-5,7-8H2,(H,13,16)(H,14,15). The molecule has 2 heterocycles. The van der Waals surface area contributed by atoms with Crippen LogP contribution in [0.3, 0.4) is 0 Å². The smallest absolute Gasteiger partial charge is 0.230 e. The van der Waals surface area contributed by atoms with Crippen LogP contribution in [0.15, 0.2) is 12.3 Å². The quantitative estimate of drug-likeness (QED) is 0.716.